The van der Waals surface area contributed by atoms with E-state index < -0.39 is 18.0 Å². The summed E-state index contributed by atoms with van der Waals surface area (Å²) >= 11 is 0. The molecule has 2 rings (SSSR count). The number of hydrogen-bond donors (Lipinski definition) is 3. The number of aliphatic hydroxyl groups excluding tert-OH is 2. The summed E-state index contributed by atoms with van der Waals surface area (Å²) in [5.74, 6) is -0.601. The van der Waals surface area contributed by atoms with Gasteiger partial charge in [0.25, 0.3) is 0 Å². The van der Waals surface area contributed by atoms with Gasteiger partial charge in [-0.05, 0) is 12.1 Å². The van der Waals surface area contributed by atoms with Crippen molar-refractivity contribution in [1.29, 1.82) is 0 Å². The Balaban J connectivity index is 2.50. The molecular weight excluding hydrogens is 223 g/mol. The summed E-state index contributed by atoms with van der Waals surface area (Å²) in [6, 6.07) is 6.18. The lowest BCUT2D eigenvalue weighted by molar-refractivity contribution is 0.0223. The highest BCUT2D eigenvalue weighted by molar-refractivity contribution is 5.79. The highest BCUT2D eigenvalue weighted by Crippen LogP contribution is 2.24. The van der Waals surface area contributed by atoms with E-state index >= 15 is 0 Å². The zero-order valence-electron chi connectivity index (χ0n) is 9.05. The van der Waals surface area contributed by atoms with Crippen LogP contribution in [0.15, 0.2) is 30.5 Å². The molecule has 2 unspecified atom stereocenters. The Hall–Kier alpha value is -1.56. The summed E-state index contributed by atoms with van der Waals surface area (Å²) < 4.78 is 13.7. The standard InChI is InChI=1S/C12H13FN2O2/c13-9-5-10-7(2-1-3-15-10)4-8(9)12(17)11(16)6-14/h1-5,11-12,16-17H,6,14H2. The molecule has 0 spiro atoms. The Bertz CT molecular complexity index is 533. The molecule has 0 aliphatic rings. The molecule has 0 fully saturated rings. The van der Waals surface area contributed by atoms with Crippen LogP contribution < -0.4 is 5.73 Å². The molecule has 0 amide bonds. The first-order chi connectivity index (χ1) is 8.13. The third-order valence-corrected chi connectivity index (χ3v) is 2.65. The predicted molar refractivity (Wildman–Crippen MR) is 61.7 cm³/mol. The molecule has 17 heavy (non-hydrogen) atoms. The van der Waals surface area contributed by atoms with Gasteiger partial charge in [-0.15, -0.1) is 0 Å². The maximum atomic E-state index is 13.7. The van der Waals surface area contributed by atoms with E-state index in [0.29, 0.717) is 10.9 Å². The van der Waals surface area contributed by atoms with Gasteiger partial charge in [0, 0.05) is 29.8 Å². The summed E-state index contributed by atoms with van der Waals surface area (Å²) in [7, 11) is 0. The van der Waals surface area contributed by atoms with Crippen LogP contribution in [0.2, 0.25) is 0 Å². The minimum atomic E-state index is -1.33. The Morgan fingerprint density at radius 3 is 2.82 bits per heavy atom. The van der Waals surface area contributed by atoms with Crippen molar-refractivity contribution < 1.29 is 14.6 Å². The molecule has 4 nitrogen and oxygen atoms in total. The third-order valence-electron chi connectivity index (χ3n) is 2.65. The lowest BCUT2D eigenvalue weighted by Gasteiger charge is -2.17. The van der Waals surface area contributed by atoms with E-state index in [1.807, 2.05) is 0 Å². The van der Waals surface area contributed by atoms with Crippen LogP contribution in [-0.4, -0.2) is 27.8 Å². The smallest absolute Gasteiger partial charge is 0.131 e. The van der Waals surface area contributed by atoms with Gasteiger partial charge in [-0.3, -0.25) is 4.98 Å². The Morgan fingerprint density at radius 1 is 1.35 bits per heavy atom. The van der Waals surface area contributed by atoms with Crippen molar-refractivity contribution in [3.63, 3.8) is 0 Å². The maximum absolute atomic E-state index is 13.7. The number of pyridine rings is 1. The van der Waals surface area contributed by atoms with Crippen LogP contribution in [0.4, 0.5) is 4.39 Å². The van der Waals surface area contributed by atoms with Crippen LogP contribution in [0.1, 0.15) is 11.7 Å². The van der Waals surface area contributed by atoms with Crippen molar-refractivity contribution in [3.05, 3.63) is 41.8 Å². The second kappa shape index (κ2) is 4.75. The van der Waals surface area contributed by atoms with Gasteiger partial charge in [0.2, 0.25) is 0 Å². The van der Waals surface area contributed by atoms with Gasteiger partial charge in [-0.2, -0.15) is 0 Å². The summed E-state index contributed by atoms with van der Waals surface area (Å²) in [5, 5.41) is 19.9. The van der Waals surface area contributed by atoms with Crippen LogP contribution in [-0.2, 0) is 0 Å². The summed E-state index contributed by atoms with van der Waals surface area (Å²) in [5.41, 5.74) is 5.76. The molecule has 2 aromatic rings. The van der Waals surface area contributed by atoms with E-state index in [0.717, 1.165) is 0 Å². The SMILES string of the molecule is NCC(O)C(O)c1cc2cccnc2cc1F. The van der Waals surface area contributed by atoms with Gasteiger partial charge in [0.15, 0.2) is 0 Å². The van der Waals surface area contributed by atoms with Crippen LogP contribution in [0.25, 0.3) is 10.9 Å². The Morgan fingerprint density at radius 2 is 2.12 bits per heavy atom. The van der Waals surface area contributed by atoms with E-state index in [1.54, 1.807) is 18.3 Å². The first kappa shape index (κ1) is 11.9. The summed E-state index contributed by atoms with van der Waals surface area (Å²) in [4.78, 5) is 4.00. The number of fused-ring (bicyclic) bond motifs is 1. The van der Waals surface area contributed by atoms with E-state index in [2.05, 4.69) is 4.98 Å². The van der Waals surface area contributed by atoms with Gasteiger partial charge in [0.1, 0.15) is 11.9 Å². The molecule has 1 aromatic heterocycles. The molecule has 1 aromatic carbocycles. The minimum Gasteiger partial charge on any atom is -0.389 e. The largest absolute Gasteiger partial charge is 0.389 e. The number of hydrogen-bond acceptors (Lipinski definition) is 4. The molecule has 5 heteroatoms. The number of rotatable bonds is 3. The van der Waals surface area contributed by atoms with Gasteiger partial charge < -0.3 is 15.9 Å². The number of halogens is 1. The molecule has 0 aliphatic heterocycles. The third kappa shape index (κ3) is 2.26. The van der Waals surface area contributed by atoms with E-state index in [1.165, 1.54) is 12.1 Å². The highest BCUT2D eigenvalue weighted by Gasteiger charge is 2.20. The topological polar surface area (TPSA) is 79.4 Å². The molecule has 0 aliphatic carbocycles. The number of benzene rings is 1. The zero-order valence-corrected chi connectivity index (χ0v) is 9.05. The molecular formula is C12H13FN2O2. The predicted octanol–water partition coefficient (Wildman–Crippen LogP) is 0.727. The lowest BCUT2D eigenvalue weighted by Crippen LogP contribution is -2.27. The minimum absolute atomic E-state index is 0.0310. The first-order valence-electron chi connectivity index (χ1n) is 5.24. The fourth-order valence-corrected chi connectivity index (χ4v) is 1.68. The normalized spacial score (nSPS) is 14.8. The van der Waals surface area contributed by atoms with Gasteiger partial charge in [0.05, 0.1) is 11.6 Å². The summed E-state index contributed by atoms with van der Waals surface area (Å²) in [6.07, 6.45) is -0.949. The average molecular weight is 236 g/mol. The van der Waals surface area contributed by atoms with Crippen LogP contribution in [0.5, 0.6) is 0 Å². The monoisotopic (exact) mass is 236 g/mol. The molecule has 2 atom stereocenters. The van der Waals surface area contributed by atoms with E-state index in [4.69, 9.17) is 5.73 Å². The lowest BCUT2D eigenvalue weighted by atomic mass is 10.0. The molecule has 0 radical (unpaired) electrons. The Kier molecular flexibility index (Phi) is 3.33. The molecule has 0 saturated carbocycles. The Labute approximate surface area is 97.5 Å². The van der Waals surface area contributed by atoms with Crippen LogP contribution in [0.3, 0.4) is 0 Å². The first-order valence-corrected chi connectivity index (χ1v) is 5.24. The maximum Gasteiger partial charge on any atom is 0.131 e. The van der Waals surface area contributed by atoms with Crippen molar-refractivity contribution in [2.75, 3.05) is 6.54 Å². The fourth-order valence-electron chi connectivity index (χ4n) is 1.68. The molecule has 0 saturated heterocycles. The zero-order chi connectivity index (χ0) is 12.4. The second-order valence-electron chi connectivity index (χ2n) is 3.82. The highest BCUT2D eigenvalue weighted by atomic mass is 19.1. The molecule has 90 valence electrons. The van der Waals surface area contributed by atoms with Crippen molar-refractivity contribution in [3.8, 4) is 0 Å². The van der Waals surface area contributed by atoms with Crippen molar-refractivity contribution in [1.82, 2.24) is 4.98 Å². The van der Waals surface area contributed by atoms with Gasteiger partial charge in [-0.1, -0.05) is 6.07 Å². The van der Waals surface area contributed by atoms with Crippen LogP contribution >= 0.6 is 0 Å². The molecule has 1 heterocycles. The number of nitrogens with zero attached hydrogens (tertiary/aromatic N) is 1. The van der Waals surface area contributed by atoms with Crippen molar-refractivity contribution in [2.45, 2.75) is 12.2 Å². The quantitative estimate of drug-likeness (QED) is 0.734. The van der Waals surface area contributed by atoms with Gasteiger partial charge in [-0.25, -0.2) is 4.39 Å². The van der Waals surface area contributed by atoms with E-state index in [9.17, 15) is 14.6 Å². The number of aliphatic hydroxyl groups is 2. The fraction of sp³-hybridized carbons (Fsp3) is 0.250. The summed E-state index contributed by atoms with van der Waals surface area (Å²) in [6.45, 7) is -0.133. The number of aromatic nitrogens is 1. The molecule has 4 N–H and O–H groups in total. The van der Waals surface area contributed by atoms with Crippen molar-refractivity contribution in [2.24, 2.45) is 5.73 Å². The molecule has 0 bridgehead atoms. The van der Waals surface area contributed by atoms with Gasteiger partial charge >= 0.3 is 0 Å². The van der Waals surface area contributed by atoms with E-state index in [-0.39, 0.29) is 12.1 Å². The number of nitrogens with two attached hydrogens (primary N) is 1. The van der Waals surface area contributed by atoms with Crippen molar-refractivity contribution >= 4 is 10.9 Å². The average Bonchev–Trinajstić information content (AvgIpc) is 2.36. The second-order valence-corrected chi connectivity index (χ2v) is 3.82. The van der Waals surface area contributed by atoms with Crippen LogP contribution in [0, 0.1) is 5.82 Å².